The molecule has 0 saturated heterocycles. The second kappa shape index (κ2) is 6.32. The van der Waals surface area contributed by atoms with E-state index in [0.717, 1.165) is 0 Å². The summed E-state index contributed by atoms with van der Waals surface area (Å²) in [6.45, 7) is 2.61. The van der Waals surface area contributed by atoms with Crippen molar-refractivity contribution in [2.45, 2.75) is 6.92 Å². The molecule has 0 aromatic heterocycles. The van der Waals surface area contributed by atoms with E-state index in [2.05, 4.69) is 11.8 Å². The first kappa shape index (κ1) is 12.8. The van der Waals surface area contributed by atoms with Gasteiger partial charge in [0, 0.05) is 18.9 Å². The molecule has 74 valence electrons. The Morgan fingerprint density at radius 3 is 2.33 bits per heavy atom. The molecule has 2 N–H and O–H groups in total. The standard InChI is InChI=1S/C5H13O4PS2/c1-3-12(10(6,7)11)9-5-4-8-2/h3-5H2,1-2H3,(H-,6,7,11)/p+1. The summed E-state index contributed by atoms with van der Waals surface area (Å²) in [6.07, 6.45) is 0. The lowest BCUT2D eigenvalue weighted by Gasteiger charge is -2.07. The first-order valence-corrected chi connectivity index (χ1v) is 8.05. The van der Waals surface area contributed by atoms with Crippen LogP contribution in [0.5, 0.6) is 0 Å². The second-order valence-corrected chi connectivity index (χ2v) is 9.32. The van der Waals surface area contributed by atoms with Crippen molar-refractivity contribution in [2.75, 3.05) is 26.1 Å². The van der Waals surface area contributed by atoms with Gasteiger partial charge in [-0.05, 0) is 6.92 Å². The largest absolute Gasteiger partial charge is 0.428 e. The summed E-state index contributed by atoms with van der Waals surface area (Å²) in [7, 11) is 0.664. The zero-order valence-corrected chi connectivity index (χ0v) is 9.62. The van der Waals surface area contributed by atoms with Gasteiger partial charge in [0.25, 0.3) is 0 Å². The topological polar surface area (TPSA) is 58.9 Å². The van der Waals surface area contributed by atoms with Crippen LogP contribution >= 0.6 is 5.69 Å². The molecule has 1 unspecified atom stereocenters. The van der Waals surface area contributed by atoms with E-state index in [9.17, 15) is 0 Å². The molecular weight excluding hydrogens is 219 g/mol. The molecule has 0 fully saturated rings. The van der Waals surface area contributed by atoms with Gasteiger partial charge in [0.15, 0.2) is 0 Å². The van der Waals surface area contributed by atoms with E-state index in [0.29, 0.717) is 19.0 Å². The van der Waals surface area contributed by atoms with Crippen LogP contribution in [0.1, 0.15) is 6.92 Å². The lowest BCUT2D eigenvalue weighted by atomic mass is 10.8. The molecule has 0 saturated carbocycles. The highest BCUT2D eigenvalue weighted by molar-refractivity contribution is 8.63. The van der Waals surface area contributed by atoms with Gasteiger partial charge in [-0.1, -0.05) is 0 Å². The summed E-state index contributed by atoms with van der Waals surface area (Å²) < 4.78 is 9.89. The van der Waals surface area contributed by atoms with Gasteiger partial charge in [0.1, 0.15) is 12.4 Å². The number of rotatable bonds is 6. The highest BCUT2D eigenvalue weighted by Crippen LogP contribution is 2.46. The minimum absolute atomic E-state index is 0.354. The van der Waals surface area contributed by atoms with Gasteiger partial charge >= 0.3 is 5.69 Å². The molecule has 0 aliphatic rings. The average molecular weight is 233 g/mol. The van der Waals surface area contributed by atoms with Gasteiger partial charge in [0.2, 0.25) is 10.8 Å². The van der Waals surface area contributed by atoms with Crippen molar-refractivity contribution >= 4 is 28.3 Å². The lowest BCUT2D eigenvalue weighted by molar-refractivity contribution is 0.155. The fourth-order valence-electron chi connectivity index (χ4n) is 0.534. The van der Waals surface area contributed by atoms with Gasteiger partial charge in [-0.25, -0.2) is 0 Å². The summed E-state index contributed by atoms with van der Waals surface area (Å²) in [4.78, 5) is 18.2. The Hall–Kier alpha value is 0.840. The molecule has 0 rings (SSSR count). The maximum atomic E-state index is 9.10. The Labute approximate surface area is 80.4 Å². The van der Waals surface area contributed by atoms with Crippen molar-refractivity contribution in [2.24, 2.45) is 0 Å². The highest BCUT2D eigenvalue weighted by atomic mass is 33.0. The summed E-state index contributed by atoms with van der Waals surface area (Å²) in [5.41, 5.74) is -3.23. The number of hydrogen-bond donors (Lipinski definition) is 2. The first-order valence-electron chi connectivity index (χ1n) is 3.41. The van der Waals surface area contributed by atoms with Crippen LogP contribution in [0.15, 0.2) is 0 Å². The molecule has 1 atom stereocenters. The molecule has 0 amide bonds. The Balaban J connectivity index is 3.77. The second-order valence-electron chi connectivity index (χ2n) is 1.92. The van der Waals surface area contributed by atoms with Crippen LogP contribution in [0.3, 0.4) is 0 Å². The third kappa shape index (κ3) is 5.48. The molecule has 0 bridgehead atoms. The molecule has 0 spiro atoms. The maximum absolute atomic E-state index is 9.10. The van der Waals surface area contributed by atoms with Gasteiger partial charge in [0.05, 0.1) is 6.61 Å². The van der Waals surface area contributed by atoms with E-state index in [1.165, 1.54) is 0 Å². The number of hydrogen-bond acceptors (Lipinski definition) is 3. The van der Waals surface area contributed by atoms with Gasteiger partial charge in [-0.3, -0.25) is 0 Å². The molecule has 0 aliphatic carbocycles. The van der Waals surface area contributed by atoms with E-state index < -0.39 is 16.5 Å². The van der Waals surface area contributed by atoms with Crippen LogP contribution in [-0.4, -0.2) is 35.9 Å². The van der Waals surface area contributed by atoms with E-state index in [1.54, 1.807) is 7.11 Å². The summed E-state index contributed by atoms with van der Waals surface area (Å²) in [5.74, 6) is 0.536. The highest BCUT2D eigenvalue weighted by Gasteiger charge is 2.36. The van der Waals surface area contributed by atoms with Crippen LogP contribution < -0.4 is 0 Å². The molecule has 0 aliphatic heterocycles. The van der Waals surface area contributed by atoms with Crippen molar-refractivity contribution in [3.05, 3.63) is 0 Å². The molecule has 0 aromatic carbocycles. The summed E-state index contributed by atoms with van der Waals surface area (Å²) in [5, 5.41) is 0. The predicted molar refractivity (Wildman–Crippen MR) is 54.5 cm³/mol. The van der Waals surface area contributed by atoms with E-state index in [1.807, 2.05) is 6.92 Å². The van der Waals surface area contributed by atoms with Crippen molar-refractivity contribution in [1.82, 2.24) is 0 Å². The van der Waals surface area contributed by atoms with Gasteiger partial charge < -0.3 is 14.5 Å². The predicted octanol–water partition coefficient (Wildman–Crippen LogP) is 0.412. The normalized spacial score (nSPS) is 14.7. The van der Waals surface area contributed by atoms with Crippen LogP contribution in [-0.2, 0) is 31.5 Å². The Bertz CT molecular complexity index is 160. The molecule has 0 heterocycles. The molecule has 0 radical (unpaired) electrons. The van der Waals surface area contributed by atoms with Crippen LogP contribution in [0.2, 0.25) is 0 Å². The van der Waals surface area contributed by atoms with Gasteiger partial charge in [-0.2, -0.15) is 4.18 Å². The van der Waals surface area contributed by atoms with Crippen molar-refractivity contribution in [3.63, 3.8) is 0 Å². The van der Waals surface area contributed by atoms with E-state index in [-0.39, 0.29) is 0 Å². The zero-order valence-electron chi connectivity index (χ0n) is 7.10. The smallest absolute Gasteiger partial charge is 0.382 e. The molecular formula is C5H14O4PS2+. The molecule has 12 heavy (non-hydrogen) atoms. The molecule has 7 heteroatoms. The summed E-state index contributed by atoms with van der Waals surface area (Å²) >= 11 is 4.52. The van der Waals surface area contributed by atoms with E-state index in [4.69, 9.17) is 18.7 Å². The Morgan fingerprint density at radius 1 is 1.42 bits per heavy atom. The molecule has 0 aromatic rings. The third-order valence-corrected chi connectivity index (χ3v) is 6.66. The quantitative estimate of drug-likeness (QED) is 0.395. The minimum Gasteiger partial charge on any atom is -0.382 e. The SMILES string of the molecule is CC[S+](OCCOC)P(O)(O)=S. The van der Waals surface area contributed by atoms with Crippen LogP contribution in [0.25, 0.3) is 0 Å². The first-order chi connectivity index (χ1) is 5.52. The van der Waals surface area contributed by atoms with Crippen molar-refractivity contribution in [1.29, 1.82) is 0 Å². The minimum atomic E-state index is -3.23. The third-order valence-electron chi connectivity index (χ3n) is 1.02. The Kier molecular flexibility index (Phi) is 6.76. The van der Waals surface area contributed by atoms with Crippen molar-refractivity contribution in [3.8, 4) is 0 Å². The lowest BCUT2D eigenvalue weighted by Crippen LogP contribution is -2.13. The number of ether oxygens (including phenoxy) is 1. The fraction of sp³-hybridized carbons (Fsp3) is 1.00. The fourth-order valence-corrected chi connectivity index (χ4v) is 4.42. The van der Waals surface area contributed by atoms with Crippen LogP contribution in [0.4, 0.5) is 0 Å². The maximum Gasteiger partial charge on any atom is 0.428 e. The summed E-state index contributed by atoms with van der Waals surface area (Å²) in [6, 6.07) is 0. The van der Waals surface area contributed by atoms with Crippen LogP contribution in [0, 0.1) is 0 Å². The van der Waals surface area contributed by atoms with Gasteiger partial charge in [-0.15, -0.1) is 0 Å². The van der Waals surface area contributed by atoms with Crippen molar-refractivity contribution < 1.29 is 18.7 Å². The number of methoxy groups -OCH3 is 1. The zero-order chi connectivity index (χ0) is 9.61. The average Bonchev–Trinajstić information content (AvgIpc) is 1.95. The molecule has 4 nitrogen and oxygen atoms in total. The monoisotopic (exact) mass is 233 g/mol. The van der Waals surface area contributed by atoms with E-state index >= 15 is 0 Å². The Morgan fingerprint density at radius 2 is 2.00 bits per heavy atom.